The number of rotatable bonds is 7. The summed E-state index contributed by atoms with van der Waals surface area (Å²) in [6.45, 7) is 5.97. The Bertz CT molecular complexity index is 624. The van der Waals surface area contributed by atoms with Gasteiger partial charge >= 0.3 is 0 Å². The average Bonchev–Trinajstić information content (AvgIpc) is 2.89. The molecule has 112 valence electrons. The Balaban J connectivity index is 2.08. The summed E-state index contributed by atoms with van der Waals surface area (Å²) in [6, 6.07) is 5.08. The van der Waals surface area contributed by atoms with Crippen LogP contribution >= 0.6 is 0 Å². The smallest absolute Gasteiger partial charge is 0.272 e. The minimum Gasteiger partial charge on any atom is -0.311 e. The van der Waals surface area contributed by atoms with Crippen LogP contribution in [0.25, 0.3) is 0 Å². The van der Waals surface area contributed by atoms with E-state index in [1.54, 1.807) is 17.7 Å². The first-order valence-electron chi connectivity index (χ1n) is 6.94. The summed E-state index contributed by atoms with van der Waals surface area (Å²) in [4.78, 5) is 10.6. The molecule has 0 spiro atoms. The molecule has 0 unspecified atom stereocenters. The Kier molecular flexibility index (Phi) is 4.99. The highest BCUT2D eigenvalue weighted by atomic mass is 16.6. The lowest BCUT2D eigenvalue weighted by molar-refractivity contribution is -0.385. The fourth-order valence-corrected chi connectivity index (χ4v) is 2.10. The summed E-state index contributed by atoms with van der Waals surface area (Å²) in [6.07, 6.45) is 2.93. The van der Waals surface area contributed by atoms with Gasteiger partial charge in [0.2, 0.25) is 0 Å². The topological polar surface area (TPSA) is 85.9 Å². The second kappa shape index (κ2) is 6.94. The van der Waals surface area contributed by atoms with Crippen molar-refractivity contribution in [3.63, 3.8) is 0 Å². The van der Waals surface area contributed by atoms with Gasteiger partial charge in [-0.25, -0.2) is 4.68 Å². The third-order valence-corrected chi connectivity index (χ3v) is 3.27. The van der Waals surface area contributed by atoms with Crippen LogP contribution in [0, 0.1) is 17.0 Å². The molecular weight excluding hydrogens is 270 g/mol. The molecule has 7 nitrogen and oxygen atoms in total. The summed E-state index contributed by atoms with van der Waals surface area (Å²) in [5.41, 5.74) is 2.55. The Labute approximate surface area is 123 Å². The van der Waals surface area contributed by atoms with Gasteiger partial charge in [-0.2, -0.15) is 0 Å². The number of benzene rings is 1. The van der Waals surface area contributed by atoms with Crippen LogP contribution in [-0.4, -0.2) is 26.5 Å². The summed E-state index contributed by atoms with van der Waals surface area (Å²) < 4.78 is 1.70. The molecule has 2 rings (SSSR count). The summed E-state index contributed by atoms with van der Waals surface area (Å²) >= 11 is 0. The van der Waals surface area contributed by atoms with E-state index in [0.29, 0.717) is 18.7 Å². The molecular formula is C14H19N5O2. The van der Waals surface area contributed by atoms with Crippen molar-refractivity contribution in [2.45, 2.75) is 33.4 Å². The molecule has 2 aromatic rings. The molecule has 0 fully saturated rings. The standard InChI is InChI=1S/C14H19N5O2/c1-3-7-15-8-13-10-18(17-16-13)9-12-5-4-6-14(11(12)2)19(20)21/h4-6,10,15H,3,7-9H2,1-2H3. The normalized spacial score (nSPS) is 10.8. The fraction of sp³-hybridized carbons (Fsp3) is 0.429. The van der Waals surface area contributed by atoms with E-state index in [1.807, 2.05) is 12.3 Å². The van der Waals surface area contributed by atoms with E-state index >= 15 is 0 Å². The van der Waals surface area contributed by atoms with E-state index in [4.69, 9.17) is 0 Å². The van der Waals surface area contributed by atoms with E-state index in [0.717, 1.165) is 24.2 Å². The molecule has 1 aromatic heterocycles. The van der Waals surface area contributed by atoms with Crippen LogP contribution in [-0.2, 0) is 13.1 Å². The Morgan fingerprint density at radius 2 is 2.24 bits per heavy atom. The van der Waals surface area contributed by atoms with Crippen molar-refractivity contribution in [2.75, 3.05) is 6.54 Å². The van der Waals surface area contributed by atoms with Gasteiger partial charge in [-0.15, -0.1) is 5.10 Å². The molecule has 0 saturated carbocycles. The number of nitro groups is 1. The highest BCUT2D eigenvalue weighted by Crippen LogP contribution is 2.21. The molecule has 0 saturated heterocycles. The minimum absolute atomic E-state index is 0.137. The summed E-state index contributed by atoms with van der Waals surface area (Å²) in [5, 5.41) is 22.3. The first-order valence-corrected chi connectivity index (χ1v) is 6.94. The molecule has 0 radical (unpaired) electrons. The second-order valence-electron chi connectivity index (χ2n) is 4.90. The molecule has 21 heavy (non-hydrogen) atoms. The SMILES string of the molecule is CCCNCc1cn(Cc2cccc([N+](=O)[O-])c2C)nn1. The molecule has 7 heteroatoms. The molecule has 0 bridgehead atoms. The first kappa shape index (κ1) is 15.1. The third kappa shape index (κ3) is 3.85. The monoisotopic (exact) mass is 289 g/mol. The highest BCUT2D eigenvalue weighted by Gasteiger charge is 2.13. The maximum Gasteiger partial charge on any atom is 0.272 e. The molecule has 0 amide bonds. The summed E-state index contributed by atoms with van der Waals surface area (Å²) in [5.74, 6) is 0. The van der Waals surface area contributed by atoms with Crippen molar-refractivity contribution in [3.8, 4) is 0 Å². The molecule has 0 aliphatic rings. The van der Waals surface area contributed by atoms with Crippen LogP contribution in [0.1, 0.15) is 30.2 Å². The molecule has 0 atom stereocenters. The molecule has 1 aromatic carbocycles. The van der Waals surface area contributed by atoms with E-state index in [9.17, 15) is 10.1 Å². The van der Waals surface area contributed by atoms with Gasteiger partial charge in [0, 0.05) is 18.2 Å². The zero-order valence-corrected chi connectivity index (χ0v) is 12.2. The van der Waals surface area contributed by atoms with Gasteiger partial charge in [0.1, 0.15) is 0 Å². The lowest BCUT2D eigenvalue weighted by Crippen LogP contribution is -2.13. The predicted octanol–water partition coefficient (Wildman–Crippen LogP) is 2.04. The molecule has 1 N–H and O–H groups in total. The number of nitro benzene ring substituents is 1. The van der Waals surface area contributed by atoms with Crippen molar-refractivity contribution in [1.82, 2.24) is 20.3 Å². The fourth-order valence-electron chi connectivity index (χ4n) is 2.10. The van der Waals surface area contributed by atoms with Crippen molar-refractivity contribution < 1.29 is 4.92 Å². The largest absolute Gasteiger partial charge is 0.311 e. The minimum atomic E-state index is -0.361. The lowest BCUT2D eigenvalue weighted by Gasteiger charge is -2.05. The van der Waals surface area contributed by atoms with Crippen LogP contribution < -0.4 is 5.32 Å². The number of hydrogen-bond acceptors (Lipinski definition) is 5. The van der Waals surface area contributed by atoms with Crippen LogP contribution in [0.4, 0.5) is 5.69 Å². The van der Waals surface area contributed by atoms with E-state index in [2.05, 4.69) is 22.6 Å². The van der Waals surface area contributed by atoms with Crippen molar-refractivity contribution in [3.05, 3.63) is 51.3 Å². The van der Waals surface area contributed by atoms with Crippen molar-refractivity contribution in [1.29, 1.82) is 0 Å². The van der Waals surface area contributed by atoms with Crippen LogP contribution in [0.5, 0.6) is 0 Å². The highest BCUT2D eigenvalue weighted by molar-refractivity contribution is 5.44. The van der Waals surface area contributed by atoms with Gasteiger partial charge in [0.25, 0.3) is 5.69 Å². The maximum absolute atomic E-state index is 10.9. The molecule has 1 heterocycles. The predicted molar refractivity (Wildman–Crippen MR) is 79.0 cm³/mol. The van der Waals surface area contributed by atoms with Gasteiger partial charge in [-0.3, -0.25) is 10.1 Å². The Morgan fingerprint density at radius 1 is 1.43 bits per heavy atom. The molecule has 0 aliphatic carbocycles. The van der Waals surface area contributed by atoms with Gasteiger partial charge in [0.05, 0.1) is 23.4 Å². The van der Waals surface area contributed by atoms with Crippen LogP contribution in [0.3, 0.4) is 0 Å². The number of hydrogen-bond donors (Lipinski definition) is 1. The van der Waals surface area contributed by atoms with Gasteiger partial charge in [-0.1, -0.05) is 24.3 Å². The van der Waals surface area contributed by atoms with Gasteiger partial charge in [0.15, 0.2) is 0 Å². The van der Waals surface area contributed by atoms with E-state index in [1.165, 1.54) is 6.07 Å². The zero-order chi connectivity index (χ0) is 15.2. The number of nitrogens with one attached hydrogen (secondary N) is 1. The third-order valence-electron chi connectivity index (χ3n) is 3.27. The maximum atomic E-state index is 10.9. The average molecular weight is 289 g/mol. The summed E-state index contributed by atoms with van der Waals surface area (Å²) in [7, 11) is 0. The van der Waals surface area contributed by atoms with E-state index in [-0.39, 0.29) is 10.6 Å². The Morgan fingerprint density at radius 3 is 2.95 bits per heavy atom. The second-order valence-corrected chi connectivity index (χ2v) is 4.90. The van der Waals surface area contributed by atoms with Gasteiger partial charge < -0.3 is 5.32 Å². The van der Waals surface area contributed by atoms with Crippen LogP contribution in [0.15, 0.2) is 24.4 Å². The van der Waals surface area contributed by atoms with E-state index < -0.39 is 0 Å². The first-order chi connectivity index (χ1) is 10.1. The number of aromatic nitrogens is 3. The lowest BCUT2D eigenvalue weighted by atomic mass is 10.1. The Hall–Kier alpha value is -2.28. The van der Waals surface area contributed by atoms with Crippen molar-refractivity contribution >= 4 is 5.69 Å². The van der Waals surface area contributed by atoms with Crippen molar-refractivity contribution in [2.24, 2.45) is 0 Å². The van der Waals surface area contributed by atoms with Crippen LogP contribution in [0.2, 0.25) is 0 Å². The quantitative estimate of drug-likeness (QED) is 0.479. The molecule has 0 aliphatic heterocycles. The number of nitrogens with zero attached hydrogens (tertiary/aromatic N) is 4. The van der Waals surface area contributed by atoms with Gasteiger partial charge in [-0.05, 0) is 25.5 Å². The zero-order valence-electron chi connectivity index (χ0n) is 12.2.